The number of anilines is 1. The van der Waals surface area contributed by atoms with Gasteiger partial charge in [0, 0.05) is 11.3 Å². The average molecular weight is 495 g/mol. The molecule has 1 fully saturated rings. The van der Waals surface area contributed by atoms with Crippen LogP contribution in [0.4, 0.5) is 10.1 Å². The van der Waals surface area contributed by atoms with Crippen molar-refractivity contribution in [3.63, 3.8) is 0 Å². The van der Waals surface area contributed by atoms with E-state index in [1.807, 2.05) is 12.1 Å². The van der Waals surface area contributed by atoms with E-state index in [2.05, 4.69) is 10.4 Å². The minimum absolute atomic E-state index is 0.0253. The van der Waals surface area contributed by atoms with Crippen molar-refractivity contribution in [1.82, 2.24) is 14.8 Å². The van der Waals surface area contributed by atoms with Crippen molar-refractivity contribution in [1.29, 1.82) is 0 Å². The Hall–Kier alpha value is -3.79. The lowest BCUT2D eigenvalue weighted by Gasteiger charge is -2.13. The van der Waals surface area contributed by atoms with E-state index in [0.29, 0.717) is 45.8 Å². The van der Waals surface area contributed by atoms with E-state index >= 15 is 0 Å². The van der Waals surface area contributed by atoms with Crippen molar-refractivity contribution in [3.8, 4) is 17.0 Å². The molecule has 4 aromatic rings. The van der Waals surface area contributed by atoms with Gasteiger partial charge in [0.1, 0.15) is 11.6 Å². The molecule has 35 heavy (non-hydrogen) atoms. The molecule has 0 radical (unpaired) electrons. The molecule has 0 saturated carbocycles. The number of fused-ring (bicyclic) bond motifs is 1. The number of nitrogens with one attached hydrogen (secondary N) is 1. The van der Waals surface area contributed by atoms with E-state index in [0.717, 1.165) is 5.56 Å². The lowest BCUT2D eigenvalue weighted by atomic mass is 10.0. The van der Waals surface area contributed by atoms with Gasteiger partial charge in [-0.1, -0.05) is 6.07 Å². The van der Waals surface area contributed by atoms with Crippen LogP contribution in [-0.4, -0.2) is 47.7 Å². The highest BCUT2D eigenvalue weighted by Crippen LogP contribution is 2.33. The van der Waals surface area contributed by atoms with Gasteiger partial charge in [-0.3, -0.25) is 4.79 Å². The Morgan fingerprint density at radius 3 is 2.60 bits per heavy atom. The molecule has 1 aliphatic heterocycles. The number of aryl methyl sites for hydroxylation is 1. The number of methoxy groups -OCH3 is 1. The van der Waals surface area contributed by atoms with Crippen molar-refractivity contribution in [2.75, 3.05) is 23.9 Å². The summed E-state index contributed by atoms with van der Waals surface area (Å²) in [6.07, 6.45) is 0.428. The Balaban J connectivity index is 1.67. The predicted octanol–water partition coefficient (Wildman–Crippen LogP) is 4.17. The van der Waals surface area contributed by atoms with Crippen molar-refractivity contribution in [2.24, 2.45) is 0 Å². The predicted molar refractivity (Wildman–Crippen MR) is 131 cm³/mol. The van der Waals surface area contributed by atoms with Crippen molar-refractivity contribution in [3.05, 3.63) is 71.7 Å². The summed E-state index contributed by atoms with van der Waals surface area (Å²) < 4.78 is 44.8. The second-order valence-corrected chi connectivity index (χ2v) is 10.8. The van der Waals surface area contributed by atoms with Gasteiger partial charge in [0.25, 0.3) is 5.91 Å². The molecule has 1 saturated heterocycles. The van der Waals surface area contributed by atoms with E-state index in [1.54, 1.807) is 43.0 Å². The number of aromatic nitrogens is 3. The van der Waals surface area contributed by atoms with Crippen LogP contribution in [-0.2, 0) is 9.84 Å². The van der Waals surface area contributed by atoms with Crippen LogP contribution in [0.5, 0.6) is 5.75 Å². The topological polar surface area (TPSA) is 103 Å². The molecule has 1 amide bonds. The molecule has 10 heteroatoms. The molecule has 0 bridgehead atoms. The molecular formula is C25H23FN4O4S. The fourth-order valence-corrected chi connectivity index (χ4v) is 6.08. The van der Waals surface area contributed by atoms with Gasteiger partial charge in [-0.15, -0.1) is 0 Å². The van der Waals surface area contributed by atoms with Gasteiger partial charge in [0.15, 0.2) is 15.5 Å². The number of sulfone groups is 1. The number of pyridine rings is 1. The fourth-order valence-electron chi connectivity index (χ4n) is 4.39. The number of carbonyl (C=O) groups excluding carboxylic acids is 1. The summed E-state index contributed by atoms with van der Waals surface area (Å²) in [6, 6.07) is 14.2. The molecule has 0 aliphatic carbocycles. The van der Waals surface area contributed by atoms with Crippen molar-refractivity contribution in [2.45, 2.75) is 19.4 Å². The molecule has 5 rings (SSSR count). The van der Waals surface area contributed by atoms with Gasteiger partial charge in [0.05, 0.1) is 47.0 Å². The monoisotopic (exact) mass is 494 g/mol. The zero-order valence-corrected chi connectivity index (χ0v) is 20.0. The van der Waals surface area contributed by atoms with Gasteiger partial charge in [-0.25, -0.2) is 22.5 Å². The van der Waals surface area contributed by atoms with E-state index in [4.69, 9.17) is 9.72 Å². The molecule has 1 atom stereocenters. The summed E-state index contributed by atoms with van der Waals surface area (Å²) in [4.78, 5) is 18.2. The van der Waals surface area contributed by atoms with Gasteiger partial charge in [0.2, 0.25) is 0 Å². The van der Waals surface area contributed by atoms with Crippen LogP contribution in [0.3, 0.4) is 0 Å². The van der Waals surface area contributed by atoms with Gasteiger partial charge < -0.3 is 10.1 Å². The summed E-state index contributed by atoms with van der Waals surface area (Å²) in [5.74, 6) is -0.172. The lowest BCUT2D eigenvalue weighted by Crippen LogP contribution is -2.15. The van der Waals surface area contributed by atoms with Crippen LogP contribution in [0.2, 0.25) is 0 Å². The summed E-state index contributed by atoms with van der Waals surface area (Å²) in [7, 11) is -1.59. The third kappa shape index (κ3) is 4.49. The SMILES string of the molecule is COc1ccc(-c2cc(C(=O)Nc3cccc(F)c3)c3c(C)nn(C4CCS(=O)(=O)C4)c3n2)cc1. The van der Waals surface area contributed by atoms with Gasteiger partial charge >= 0.3 is 0 Å². The largest absolute Gasteiger partial charge is 0.497 e. The van der Waals surface area contributed by atoms with E-state index in [9.17, 15) is 17.6 Å². The standard InChI is InChI=1S/C25H23FN4O4S/c1-15-23-21(25(31)27-18-5-3-4-17(26)12-18)13-22(16-6-8-20(34-2)9-7-16)28-24(23)30(29-15)19-10-11-35(32,33)14-19/h3-9,12-13,19H,10-11,14H2,1-2H3,(H,27,31). The lowest BCUT2D eigenvalue weighted by molar-refractivity contribution is 0.102. The molecule has 0 spiro atoms. The number of nitrogens with zero attached hydrogens (tertiary/aromatic N) is 3. The third-order valence-corrected chi connectivity index (χ3v) is 7.85. The Kier molecular flexibility index (Phi) is 5.76. The molecular weight excluding hydrogens is 471 g/mol. The first-order chi connectivity index (χ1) is 16.7. The van der Waals surface area contributed by atoms with Crippen LogP contribution >= 0.6 is 0 Å². The van der Waals surface area contributed by atoms with Gasteiger partial charge in [-0.2, -0.15) is 5.10 Å². The van der Waals surface area contributed by atoms with Crippen LogP contribution in [0.25, 0.3) is 22.3 Å². The summed E-state index contributed by atoms with van der Waals surface area (Å²) >= 11 is 0. The molecule has 3 heterocycles. The highest BCUT2D eigenvalue weighted by Gasteiger charge is 2.32. The summed E-state index contributed by atoms with van der Waals surface area (Å²) in [6.45, 7) is 1.76. The first kappa shape index (κ1) is 23.0. The zero-order valence-electron chi connectivity index (χ0n) is 19.2. The van der Waals surface area contributed by atoms with Crippen LogP contribution in [0.15, 0.2) is 54.6 Å². The Bertz CT molecular complexity index is 1550. The molecule has 1 N–H and O–H groups in total. The maximum Gasteiger partial charge on any atom is 0.256 e. The van der Waals surface area contributed by atoms with Crippen LogP contribution in [0.1, 0.15) is 28.5 Å². The second-order valence-electron chi connectivity index (χ2n) is 8.53. The molecule has 2 aromatic carbocycles. The van der Waals surface area contributed by atoms with Crippen molar-refractivity contribution >= 4 is 32.5 Å². The number of carbonyl (C=O) groups is 1. The number of ether oxygens (including phenoxy) is 1. The Morgan fingerprint density at radius 2 is 1.94 bits per heavy atom. The Labute approximate surface area is 201 Å². The molecule has 2 aromatic heterocycles. The second kappa shape index (κ2) is 8.77. The van der Waals surface area contributed by atoms with Gasteiger partial charge in [-0.05, 0) is 61.9 Å². The van der Waals surface area contributed by atoms with E-state index in [-0.39, 0.29) is 17.5 Å². The number of halogens is 1. The third-order valence-electron chi connectivity index (χ3n) is 6.10. The maximum absolute atomic E-state index is 13.7. The highest BCUT2D eigenvalue weighted by molar-refractivity contribution is 7.91. The molecule has 1 aliphatic rings. The maximum atomic E-state index is 13.7. The Morgan fingerprint density at radius 1 is 1.17 bits per heavy atom. The zero-order chi connectivity index (χ0) is 24.7. The van der Waals surface area contributed by atoms with Crippen LogP contribution < -0.4 is 10.1 Å². The normalized spacial score (nSPS) is 16.9. The number of amides is 1. The highest BCUT2D eigenvalue weighted by atomic mass is 32.2. The first-order valence-corrected chi connectivity index (χ1v) is 12.9. The van der Waals surface area contributed by atoms with Crippen molar-refractivity contribution < 1.29 is 22.3 Å². The molecule has 1 unspecified atom stereocenters. The first-order valence-electron chi connectivity index (χ1n) is 11.1. The number of hydrogen-bond acceptors (Lipinski definition) is 6. The van der Waals surface area contributed by atoms with E-state index in [1.165, 1.54) is 18.2 Å². The van der Waals surface area contributed by atoms with Crippen LogP contribution in [0, 0.1) is 12.7 Å². The number of rotatable bonds is 5. The van der Waals surface area contributed by atoms with E-state index < -0.39 is 21.6 Å². The quantitative estimate of drug-likeness (QED) is 0.447. The minimum atomic E-state index is -3.16. The molecule has 8 nitrogen and oxygen atoms in total. The number of hydrogen-bond donors (Lipinski definition) is 1. The number of benzene rings is 2. The average Bonchev–Trinajstić information content (AvgIpc) is 3.37. The fraction of sp³-hybridized carbons (Fsp3) is 0.240. The molecule has 180 valence electrons. The summed E-state index contributed by atoms with van der Waals surface area (Å²) in [5.41, 5.74) is 2.89. The minimum Gasteiger partial charge on any atom is -0.497 e. The smallest absolute Gasteiger partial charge is 0.256 e. The summed E-state index contributed by atoms with van der Waals surface area (Å²) in [5, 5.41) is 7.87.